The minimum Gasteiger partial charge on any atom is -0.413 e. The monoisotopic (exact) mass is 230 g/mol. The van der Waals surface area contributed by atoms with Gasteiger partial charge in [-0.1, -0.05) is 34.6 Å². The summed E-state index contributed by atoms with van der Waals surface area (Å²) in [4.78, 5) is 0. The lowest BCUT2D eigenvalue weighted by molar-refractivity contribution is 0.209. The average molecular weight is 230 g/mol. The van der Waals surface area contributed by atoms with Crippen molar-refractivity contribution in [3.63, 3.8) is 0 Å². The van der Waals surface area contributed by atoms with Crippen LogP contribution in [0.1, 0.15) is 34.6 Å². The van der Waals surface area contributed by atoms with Crippen LogP contribution in [0.2, 0.25) is 18.1 Å². The molecule has 0 heterocycles. The van der Waals surface area contributed by atoms with E-state index in [-0.39, 0.29) is 23.2 Å². The average Bonchev–Trinajstić information content (AvgIpc) is 2.49. The van der Waals surface area contributed by atoms with E-state index in [1.807, 2.05) is 0 Å². The van der Waals surface area contributed by atoms with E-state index in [0.29, 0.717) is 5.92 Å². The van der Waals surface area contributed by atoms with E-state index >= 15 is 0 Å². The Kier molecular flexibility index (Phi) is 3.14. The van der Waals surface area contributed by atoms with Gasteiger partial charge in [-0.3, -0.25) is 0 Å². The van der Waals surface area contributed by atoms with E-state index < -0.39 is 8.32 Å². The van der Waals surface area contributed by atoms with Gasteiger partial charge in [-0.2, -0.15) is 0 Å². The molecule has 2 atom stereocenters. The second-order valence-electron chi connectivity index (χ2n) is 6.91. The molecule has 0 radical (unpaired) electrons. The molecule has 15 heavy (non-hydrogen) atoms. The van der Waals surface area contributed by atoms with Gasteiger partial charge in [0, 0.05) is 12.5 Å². The second-order valence-corrected chi connectivity index (χ2v) is 11.7. The topological polar surface area (TPSA) is 29.5 Å². The van der Waals surface area contributed by atoms with E-state index in [2.05, 4.69) is 47.7 Å². The van der Waals surface area contributed by atoms with Crippen LogP contribution >= 0.6 is 0 Å². The van der Waals surface area contributed by atoms with Crippen molar-refractivity contribution in [1.82, 2.24) is 0 Å². The van der Waals surface area contributed by atoms with Gasteiger partial charge in [0.2, 0.25) is 0 Å². The Morgan fingerprint density at radius 2 is 1.73 bits per heavy atom. The van der Waals surface area contributed by atoms with Gasteiger partial charge < -0.3 is 9.53 Å². The molecule has 2 nitrogen and oxygen atoms in total. The van der Waals surface area contributed by atoms with Crippen molar-refractivity contribution < 1.29 is 9.53 Å². The summed E-state index contributed by atoms with van der Waals surface area (Å²) in [6.07, 6.45) is 0.267. The van der Waals surface area contributed by atoms with Crippen molar-refractivity contribution in [3.8, 4) is 0 Å². The Morgan fingerprint density at radius 3 is 2.00 bits per heavy atom. The summed E-state index contributed by atoms with van der Waals surface area (Å²) >= 11 is 0. The number of aliphatic hydroxyl groups is 1. The number of rotatable bonds is 3. The standard InChI is InChI=1S/C12H26O2Si/c1-11(2,3)15(6,7)14-10-9(8-13)12(10,4)5/h9-10,13H,8H2,1-7H3/t9-,10-/m1/s1. The molecule has 0 aromatic rings. The fourth-order valence-electron chi connectivity index (χ4n) is 1.75. The summed E-state index contributed by atoms with van der Waals surface area (Å²) in [7, 11) is -1.66. The largest absolute Gasteiger partial charge is 0.413 e. The number of hydrogen-bond acceptors (Lipinski definition) is 2. The lowest BCUT2D eigenvalue weighted by Crippen LogP contribution is -2.42. The second kappa shape index (κ2) is 3.57. The highest BCUT2D eigenvalue weighted by Gasteiger charge is 2.60. The summed E-state index contributed by atoms with van der Waals surface area (Å²) in [5, 5.41) is 9.50. The van der Waals surface area contributed by atoms with E-state index in [0.717, 1.165) is 0 Å². The third-order valence-electron chi connectivity index (χ3n) is 4.37. The molecule has 0 aromatic heterocycles. The van der Waals surface area contributed by atoms with Crippen molar-refractivity contribution in [2.24, 2.45) is 11.3 Å². The normalized spacial score (nSPS) is 30.4. The van der Waals surface area contributed by atoms with Crippen molar-refractivity contribution in [2.75, 3.05) is 6.61 Å². The molecule has 1 saturated carbocycles. The molecule has 0 saturated heterocycles. The van der Waals surface area contributed by atoms with Crippen molar-refractivity contribution >= 4 is 8.32 Å². The zero-order chi connectivity index (χ0) is 12.1. The lowest BCUT2D eigenvalue weighted by atomic mass is 10.1. The number of hydrogen-bond donors (Lipinski definition) is 1. The molecule has 1 rings (SSSR count). The van der Waals surface area contributed by atoms with Gasteiger partial charge >= 0.3 is 0 Å². The predicted molar refractivity (Wildman–Crippen MR) is 66.4 cm³/mol. The van der Waals surface area contributed by atoms with Gasteiger partial charge in [0.15, 0.2) is 8.32 Å². The number of aliphatic hydroxyl groups excluding tert-OH is 1. The van der Waals surface area contributed by atoms with Crippen molar-refractivity contribution in [3.05, 3.63) is 0 Å². The van der Waals surface area contributed by atoms with Gasteiger partial charge in [-0.25, -0.2) is 0 Å². The molecular formula is C12H26O2Si. The maximum atomic E-state index is 9.25. The summed E-state index contributed by atoms with van der Waals surface area (Å²) < 4.78 is 6.31. The highest BCUT2D eigenvalue weighted by atomic mass is 28.4. The van der Waals surface area contributed by atoms with E-state index in [4.69, 9.17) is 4.43 Å². The molecule has 0 amide bonds. The predicted octanol–water partition coefficient (Wildman–Crippen LogP) is 3.03. The van der Waals surface area contributed by atoms with Gasteiger partial charge in [-0.05, 0) is 23.5 Å². The molecule has 0 bridgehead atoms. The quantitative estimate of drug-likeness (QED) is 0.755. The third-order valence-corrected chi connectivity index (χ3v) is 8.83. The van der Waals surface area contributed by atoms with Crippen LogP contribution in [-0.4, -0.2) is 26.1 Å². The molecule has 0 aliphatic heterocycles. The summed E-state index contributed by atoms with van der Waals surface area (Å²) in [5.41, 5.74) is 0.171. The Bertz CT molecular complexity index is 240. The Balaban J connectivity index is 2.65. The van der Waals surface area contributed by atoms with Gasteiger partial charge in [0.1, 0.15) is 0 Å². The van der Waals surface area contributed by atoms with E-state index in [1.165, 1.54) is 0 Å². The van der Waals surface area contributed by atoms with Crippen LogP contribution in [0.3, 0.4) is 0 Å². The molecule has 1 N–H and O–H groups in total. The maximum Gasteiger partial charge on any atom is 0.192 e. The molecule has 0 aromatic carbocycles. The van der Waals surface area contributed by atoms with Crippen LogP contribution in [0.5, 0.6) is 0 Å². The first-order valence-corrected chi connectivity index (χ1v) is 8.73. The van der Waals surface area contributed by atoms with Crippen molar-refractivity contribution in [2.45, 2.75) is 58.9 Å². The summed E-state index contributed by atoms with van der Waals surface area (Å²) in [6.45, 7) is 15.9. The van der Waals surface area contributed by atoms with Crippen LogP contribution in [-0.2, 0) is 4.43 Å². The van der Waals surface area contributed by atoms with Crippen LogP contribution < -0.4 is 0 Å². The molecule has 0 spiro atoms. The first-order chi connectivity index (χ1) is 6.54. The maximum absolute atomic E-state index is 9.25. The molecule has 0 unspecified atom stereocenters. The fourth-order valence-corrected chi connectivity index (χ4v) is 3.21. The lowest BCUT2D eigenvalue weighted by Gasteiger charge is -2.36. The SMILES string of the molecule is CC1(C)[C@H](CO)[C@H]1O[Si](C)(C)C(C)(C)C. The Hall–Kier alpha value is 0.137. The minimum absolute atomic E-state index is 0.171. The smallest absolute Gasteiger partial charge is 0.192 e. The highest BCUT2D eigenvalue weighted by molar-refractivity contribution is 6.74. The first-order valence-electron chi connectivity index (χ1n) is 5.82. The van der Waals surface area contributed by atoms with Crippen LogP contribution in [0, 0.1) is 11.3 Å². The van der Waals surface area contributed by atoms with Crippen LogP contribution in [0.25, 0.3) is 0 Å². The fraction of sp³-hybridized carbons (Fsp3) is 1.00. The van der Waals surface area contributed by atoms with E-state index in [1.54, 1.807) is 0 Å². The van der Waals surface area contributed by atoms with Crippen LogP contribution in [0.4, 0.5) is 0 Å². The zero-order valence-electron chi connectivity index (χ0n) is 11.2. The molecule has 90 valence electrons. The van der Waals surface area contributed by atoms with Gasteiger partial charge in [0.25, 0.3) is 0 Å². The zero-order valence-corrected chi connectivity index (χ0v) is 12.2. The molecular weight excluding hydrogens is 204 g/mol. The first kappa shape index (κ1) is 13.2. The molecule has 1 fully saturated rings. The molecule has 1 aliphatic rings. The third kappa shape index (κ3) is 2.29. The Morgan fingerprint density at radius 1 is 1.27 bits per heavy atom. The summed E-state index contributed by atoms with van der Waals surface area (Å²) in [6, 6.07) is 0. The van der Waals surface area contributed by atoms with Crippen LogP contribution in [0.15, 0.2) is 0 Å². The highest BCUT2D eigenvalue weighted by Crippen LogP contribution is 2.56. The summed E-state index contributed by atoms with van der Waals surface area (Å²) in [5.74, 6) is 0.339. The van der Waals surface area contributed by atoms with Gasteiger partial charge in [0.05, 0.1) is 6.10 Å². The minimum atomic E-state index is -1.66. The van der Waals surface area contributed by atoms with E-state index in [9.17, 15) is 5.11 Å². The Labute approximate surface area is 95.2 Å². The van der Waals surface area contributed by atoms with Crippen molar-refractivity contribution in [1.29, 1.82) is 0 Å². The molecule has 3 heteroatoms. The van der Waals surface area contributed by atoms with Gasteiger partial charge in [-0.15, -0.1) is 0 Å². The molecule has 1 aliphatic carbocycles.